The molecule has 2 aromatic rings. The zero-order chi connectivity index (χ0) is 20.2. The summed E-state index contributed by atoms with van der Waals surface area (Å²) in [5.74, 6) is 0.711. The zero-order valence-corrected chi connectivity index (χ0v) is 16.8. The number of carbonyl (C=O) groups excluding carboxylic acids is 2. The summed E-state index contributed by atoms with van der Waals surface area (Å²) >= 11 is 6.23. The summed E-state index contributed by atoms with van der Waals surface area (Å²) in [6.07, 6.45) is 1.72. The number of halogens is 1. The lowest BCUT2D eigenvalue weighted by Gasteiger charge is -2.35. The van der Waals surface area contributed by atoms with Crippen molar-refractivity contribution in [3.8, 4) is 0 Å². The zero-order valence-electron chi connectivity index (χ0n) is 16.1. The highest BCUT2D eigenvalue weighted by Gasteiger charge is 2.24. The number of rotatable bonds is 3. The van der Waals surface area contributed by atoms with Crippen molar-refractivity contribution in [3.05, 3.63) is 58.7 Å². The number of pyridine rings is 1. The Balaban J connectivity index is 1.36. The van der Waals surface area contributed by atoms with E-state index >= 15 is 0 Å². The molecular formula is C21H23ClN4O3. The first-order chi connectivity index (χ1) is 14.1. The van der Waals surface area contributed by atoms with Gasteiger partial charge in [-0.05, 0) is 36.4 Å². The van der Waals surface area contributed by atoms with Crippen molar-refractivity contribution in [2.24, 2.45) is 0 Å². The number of amides is 2. The molecule has 0 radical (unpaired) electrons. The Morgan fingerprint density at radius 1 is 0.828 bits per heavy atom. The Kier molecular flexibility index (Phi) is 5.97. The van der Waals surface area contributed by atoms with Gasteiger partial charge in [0.15, 0.2) is 0 Å². The number of nitrogens with zero attached hydrogens (tertiary/aromatic N) is 4. The SMILES string of the molecule is O=C(c1ccc(C(=O)N2CCN(c3ncccc3Cl)CC2)cc1)N1CCOCC1. The van der Waals surface area contributed by atoms with Crippen LogP contribution in [0.25, 0.3) is 0 Å². The van der Waals surface area contributed by atoms with Crippen LogP contribution in [0, 0.1) is 0 Å². The second-order valence-electron chi connectivity index (χ2n) is 7.07. The minimum Gasteiger partial charge on any atom is -0.378 e. The maximum Gasteiger partial charge on any atom is 0.254 e. The Morgan fingerprint density at radius 3 is 1.93 bits per heavy atom. The van der Waals surface area contributed by atoms with E-state index in [1.54, 1.807) is 41.4 Å². The molecule has 0 saturated carbocycles. The molecule has 0 unspecified atom stereocenters. The van der Waals surface area contributed by atoms with Crippen LogP contribution in [-0.4, -0.2) is 79.1 Å². The number of hydrogen-bond donors (Lipinski definition) is 0. The Hall–Kier alpha value is -2.64. The topological polar surface area (TPSA) is 66.0 Å². The first-order valence-electron chi connectivity index (χ1n) is 9.75. The van der Waals surface area contributed by atoms with Crippen molar-refractivity contribution in [1.29, 1.82) is 0 Å². The lowest BCUT2D eigenvalue weighted by atomic mass is 10.1. The minimum absolute atomic E-state index is 0.0202. The largest absolute Gasteiger partial charge is 0.378 e. The first kappa shape index (κ1) is 19.7. The molecule has 152 valence electrons. The monoisotopic (exact) mass is 414 g/mol. The summed E-state index contributed by atoms with van der Waals surface area (Å²) in [7, 11) is 0. The van der Waals surface area contributed by atoms with Gasteiger partial charge in [0, 0.05) is 56.6 Å². The molecule has 8 heteroatoms. The van der Waals surface area contributed by atoms with Crippen LogP contribution < -0.4 is 4.90 Å². The highest BCUT2D eigenvalue weighted by Crippen LogP contribution is 2.23. The molecule has 29 heavy (non-hydrogen) atoms. The van der Waals surface area contributed by atoms with Gasteiger partial charge >= 0.3 is 0 Å². The van der Waals surface area contributed by atoms with Gasteiger partial charge in [0.2, 0.25) is 0 Å². The van der Waals surface area contributed by atoms with Crippen molar-refractivity contribution < 1.29 is 14.3 Å². The predicted molar refractivity (Wildman–Crippen MR) is 111 cm³/mol. The molecule has 7 nitrogen and oxygen atoms in total. The fraction of sp³-hybridized carbons (Fsp3) is 0.381. The van der Waals surface area contributed by atoms with Crippen LogP contribution in [0.2, 0.25) is 5.02 Å². The van der Waals surface area contributed by atoms with E-state index in [0.717, 1.165) is 5.82 Å². The molecule has 2 amide bonds. The molecule has 1 aromatic heterocycles. The molecule has 1 aromatic carbocycles. The van der Waals surface area contributed by atoms with E-state index in [2.05, 4.69) is 9.88 Å². The number of piperazine rings is 1. The number of ether oxygens (including phenoxy) is 1. The summed E-state index contributed by atoms with van der Waals surface area (Å²) in [6, 6.07) is 10.6. The lowest BCUT2D eigenvalue weighted by molar-refractivity contribution is 0.0303. The summed E-state index contributed by atoms with van der Waals surface area (Å²) < 4.78 is 5.29. The van der Waals surface area contributed by atoms with Gasteiger partial charge < -0.3 is 19.4 Å². The Morgan fingerprint density at radius 2 is 1.38 bits per heavy atom. The van der Waals surface area contributed by atoms with E-state index in [1.807, 2.05) is 11.0 Å². The Labute approximate surface area is 174 Å². The summed E-state index contributed by atoms with van der Waals surface area (Å²) in [5.41, 5.74) is 1.19. The third-order valence-corrected chi connectivity index (χ3v) is 5.58. The van der Waals surface area contributed by atoms with Gasteiger partial charge in [0.1, 0.15) is 5.82 Å². The molecule has 2 aliphatic rings. The number of aromatic nitrogens is 1. The van der Waals surface area contributed by atoms with Crippen molar-refractivity contribution in [3.63, 3.8) is 0 Å². The maximum absolute atomic E-state index is 12.8. The van der Waals surface area contributed by atoms with Crippen LogP contribution in [0.5, 0.6) is 0 Å². The average molecular weight is 415 g/mol. The van der Waals surface area contributed by atoms with Gasteiger partial charge in [-0.25, -0.2) is 4.98 Å². The van der Waals surface area contributed by atoms with E-state index in [0.29, 0.717) is 68.6 Å². The molecular weight excluding hydrogens is 392 g/mol. The minimum atomic E-state index is -0.0258. The second-order valence-corrected chi connectivity index (χ2v) is 7.48. The third kappa shape index (κ3) is 4.36. The standard InChI is InChI=1S/C21H23ClN4O3/c22-18-2-1-7-23-19(18)24-8-10-25(11-9-24)20(27)16-3-5-17(6-4-16)21(28)26-12-14-29-15-13-26/h1-7H,8-15H2. The van der Waals surface area contributed by atoms with Crippen LogP contribution in [-0.2, 0) is 4.74 Å². The van der Waals surface area contributed by atoms with Gasteiger partial charge in [-0.15, -0.1) is 0 Å². The van der Waals surface area contributed by atoms with Gasteiger partial charge in [-0.3, -0.25) is 9.59 Å². The van der Waals surface area contributed by atoms with Crippen LogP contribution >= 0.6 is 11.6 Å². The average Bonchev–Trinajstić information content (AvgIpc) is 2.79. The summed E-state index contributed by atoms with van der Waals surface area (Å²) in [6.45, 7) is 4.89. The maximum atomic E-state index is 12.8. The van der Waals surface area contributed by atoms with Gasteiger partial charge in [-0.1, -0.05) is 11.6 Å². The highest BCUT2D eigenvalue weighted by molar-refractivity contribution is 6.32. The highest BCUT2D eigenvalue weighted by atomic mass is 35.5. The molecule has 0 aliphatic carbocycles. The number of hydrogen-bond acceptors (Lipinski definition) is 5. The van der Waals surface area contributed by atoms with E-state index in [9.17, 15) is 9.59 Å². The fourth-order valence-corrected chi connectivity index (χ4v) is 3.86. The van der Waals surface area contributed by atoms with Crippen molar-refractivity contribution >= 4 is 29.2 Å². The quantitative estimate of drug-likeness (QED) is 0.770. The number of benzene rings is 1. The normalized spacial score (nSPS) is 17.3. The van der Waals surface area contributed by atoms with Crippen molar-refractivity contribution in [1.82, 2.24) is 14.8 Å². The van der Waals surface area contributed by atoms with E-state index in [-0.39, 0.29) is 11.8 Å². The van der Waals surface area contributed by atoms with E-state index < -0.39 is 0 Å². The van der Waals surface area contributed by atoms with Crippen LogP contribution in [0.4, 0.5) is 5.82 Å². The smallest absolute Gasteiger partial charge is 0.254 e. The van der Waals surface area contributed by atoms with Crippen LogP contribution in [0.15, 0.2) is 42.6 Å². The number of morpholine rings is 1. The van der Waals surface area contributed by atoms with E-state index in [4.69, 9.17) is 16.3 Å². The fourth-order valence-electron chi connectivity index (χ4n) is 3.62. The number of carbonyl (C=O) groups is 2. The molecule has 2 aliphatic heterocycles. The third-order valence-electron chi connectivity index (χ3n) is 5.28. The molecule has 3 heterocycles. The second kappa shape index (κ2) is 8.80. The molecule has 0 bridgehead atoms. The predicted octanol–water partition coefficient (Wildman–Crippen LogP) is 2.17. The molecule has 2 saturated heterocycles. The van der Waals surface area contributed by atoms with Crippen LogP contribution in [0.3, 0.4) is 0 Å². The lowest BCUT2D eigenvalue weighted by Crippen LogP contribution is -2.49. The molecule has 4 rings (SSSR count). The molecule has 0 spiro atoms. The summed E-state index contributed by atoms with van der Waals surface area (Å²) in [5, 5.41) is 0.618. The number of anilines is 1. The van der Waals surface area contributed by atoms with Crippen molar-refractivity contribution in [2.75, 3.05) is 57.4 Å². The van der Waals surface area contributed by atoms with Gasteiger partial charge in [-0.2, -0.15) is 0 Å². The van der Waals surface area contributed by atoms with Gasteiger partial charge in [0.05, 0.1) is 18.2 Å². The Bertz CT molecular complexity index is 876. The van der Waals surface area contributed by atoms with Crippen molar-refractivity contribution in [2.45, 2.75) is 0 Å². The summed E-state index contributed by atoms with van der Waals surface area (Å²) in [4.78, 5) is 35.4. The molecule has 2 fully saturated rings. The van der Waals surface area contributed by atoms with Crippen LogP contribution in [0.1, 0.15) is 20.7 Å². The van der Waals surface area contributed by atoms with Gasteiger partial charge in [0.25, 0.3) is 11.8 Å². The molecule has 0 N–H and O–H groups in total. The molecule has 0 atom stereocenters. The first-order valence-corrected chi connectivity index (χ1v) is 10.1. The van der Waals surface area contributed by atoms with E-state index in [1.165, 1.54) is 0 Å².